The van der Waals surface area contributed by atoms with Gasteiger partial charge in [-0.25, -0.2) is 4.79 Å². The normalized spacial score (nSPS) is 18.9. The summed E-state index contributed by atoms with van der Waals surface area (Å²) in [7, 11) is 0. The number of carbonyl (C=O) groups is 1. The molecule has 3 rings (SSSR count). The molecule has 2 aliphatic carbocycles. The lowest BCUT2D eigenvalue weighted by Crippen LogP contribution is -2.24. The smallest absolute Gasteiger partial charge is 0.417 e. The Balaban J connectivity index is 1.86. The minimum Gasteiger partial charge on any atom is -0.478 e. The van der Waals surface area contributed by atoms with E-state index in [0.29, 0.717) is 17.5 Å². The first-order valence-corrected chi connectivity index (χ1v) is 7.07. The second-order valence-electron chi connectivity index (χ2n) is 5.91. The number of carboxylic acid groups (broad SMARTS) is 1. The van der Waals surface area contributed by atoms with Crippen molar-refractivity contribution in [1.82, 2.24) is 0 Å². The van der Waals surface area contributed by atoms with Gasteiger partial charge in [0.1, 0.15) is 0 Å². The highest BCUT2D eigenvalue weighted by atomic mass is 19.4. The standard InChI is InChI=1S/C15H16F3NO2/c16-15(17,18)12-6-5-10(7-11(12)14(20)21)19-13(8-1-2-8)9-3-4-9/h5-9,13,19H,1-4H2,(H,20,21). The van der Waals surface area contributed by atoms with Gasteiger partial charge < -0.3 is 10.4 Å². The molecule has 21 heavy (non-hydrogen) atoms. The van der Waals surface area contributed by atoms with Gasteiger partial charge in [-0.3, -0.25) is 0 Å². The first-order valence-electron chi connectivity index (χ1n) is 7.07. The van der Waals surface area contributed by atoms with E-state index in [1.807, 2.05) is 0 Å². The van der Waals surface area contributed by atoms with Crippen LogP contribution in [0.5, 0.6) is 0 Å². The quantitative estimate of drug-likeness (QED) is 0.864. The molecule has 0 heterocycles. The van der Waals surface area contributed by atoms with Gasteiger partial charge in [-0.1, -0.05) is 0 Å². The van der Waals surface area contributed by atoms with E-state index in [2.05, 4.69) is 5.32 Å². The molecular weight excluding hydrogens is 283 g/mol. The van der Waals surface area contributed by atoms with E-state index in [9.17, 15) is 18.0 Å². The Morgan fingerprint density at radius 3 is 2.19 bits per heavy atom. The van der Waals surface area contributed by atoms with Gasteiger partial charge in [0.15, 0.2) is 0 Å². The molecule has 0 bridgehead atoms. The fourth-order valence-electron chi connectivity index (χ4n) is 2.78. The highest BCUT2D eigenvalue weighted by Gasteiger charge is 2.42. The molecule has 2 N–H and O–H groups in total. The van der Waals surface area contributed by atoms with Crippen molar-refractivity contribution >= 4 is 11.7 Å². The molecule has 6 heteroatoms. The van der Waals surface area contributed by atoms with E-state index in [-0.39, 0.29) is 6.04 Å². The lowest BCUT2D eigenvalue weighted by Gasteiger charge is -2.20. The molecule has 1 aromatic rings. The van der Waals surface area contributed by atoms with Crippen LogP contribution in [0.25, 0.3) is 0 Å². The Morgan fingerprint density at radius 1 is 1.19 bits per heavy atom. The van der Waals surface area contributed by atoms with Crippen LogP contribution in [-0.2, 0) is 6.18 Å². The van der Waals surface area contributed by atoms with E-state index < -0.39 is 23.3 Å². The van der Waals surface area contributed by atoms with Gasteiger partial charge >= 0.3 is 12.1 Å². The first-order chi connectivity index (χ1) is 9.86. The van der Waals surface area contributed by atoms with Gasteiger partial charge in [0.25, 0.3) is 0 Å². The van der Waals surface area contributed by atoms with Crippen molar-refractivity contribution < 1.29 is 23.1 Å². The predicted molar refractivity (Wildman–Crippen MR) is 71.3 cm³/mol. The van der Waals surface area contributed by atoms with Gasteiger partial charge in [0.2, 0.25) is 0 Å². The molecule has 2 aliphatic rings. The largest absolute Gasteiger partial charge is 0.478 e. The molecule has 0 radical (unpaired) electrons. The predicted octanol–water partition coefficient (Wildman–Crippen LogP) is 4.00. The molecule has 0 atom stereocenters. The third kappa shape index (κ3) is 3.14. The maximum Gasteiger partial charge on any atom is 0.417 e. The number of alkyl halides is 3. The van der Waals surface area contributed by atoms with Crippen LogP contribution in [0.2, 0.25) is 0 Å². The summed E-state index contributed by atoms with van der Waals surface area (Å²) < 4.78 is 38.4. The number of halogens is 3. The Hall–Kier alpha value is -1.72. The van der Waals surface area contributed by atoms with Crippen LogP contribution in [0.4, 0.5) is 18.9 Å². The summed E-state index contributed by atoms with van der Waals surface area (Å²) in [6.07, 6.45) is -0.0962. The highest BCUT2D eigenvalue weighted by molar-refractivity contribution is 5.91. The zero-order valence-corrected chi connectivity index (χ0v) is 11.3. The van der Waals surface area contributed by atoms with E-state index in [4.69, 9.17) is 5.11 Å². The minimum atomic E-state index is -4.65. The Labute approximate surface area is 120 Å². The highest BCUT2D eigenvalue weighted by Crippen LogP contribution is 2.46. The van der Waals surface area contributed by atoms with E-state index >= 15 is 0 Å². The molecule has 3 nitrogen and oxygen atoms in total. The van der Waals surface area contributed by atoms with Crippen molar-refractivity contribution in [2.75, 3.05) is 5.32 Å². The zero-order chi connectivity index (χ0) is 15.2. The minimum absolute atomic E-state index is 0.267. The molecule has 2 fully saturated rings. The van der Waals surface area contributed by atoms with Crippen molar-refractivity contribution in [2.45, 2.75) is 37.9 Å². The third-order valence-corrected chi connectivity index (χ3v) is 4.15. The van der Waals surface area contributed by atoms with Crippen molar-refractivity contribution in [3.63, 3.8) is 0 Å². The molecule has 0 amide bonds. The number of aromatic carboxylic acids is 1. The molecule has 0 aromatic heterocycles. The van der Waals surface area contributed by atoms with Crippen LogP contribution < -0.4 is 5.32 Å². The summed E-state index contributed by atoms with van der Waals surface area (Å²) in [6.45, 7) is 0. The first kappa shape index (κ1) is 14.2. The molecule has 0 unspecified atom stereocenters. The Bertz CT molecular complexity index is 551. The Kier molecular flexibility index (Phi) is 3.34. The maximum absolute atomic E-state index is 12.8. The number of carboxylic acids is 1. The van der Waals surface area contributed by atoms with E-state index in [1.165, 1.54) is 6.07 Å². The van der Waals surface area contributed by atoms with Crippen molar-refractivity contribution in [2.24, 2.45) is 11.8 Å². The number of benzene rings is 1. The number of anilines is 1. The van der Waals surface area contributed by atoms with Gasteiger partial charge in [-0.05, 0) is 55.7 Å². The summed E-state index contributed by atoms with van der Waals surface area (Å²) in [5.74, 6) is -0.401. The van der Waals surface area contributed by atoms with Crippen LogP contribution in [-0.4, -0.2) is 17.1 Å². The zero-order valence-electron chi connectivity index (χ0n) is 11.3. The number of rotatable bonds is 5. The van der Waals surface area contributed by atoms with Crippen molar-refractivity contribution in [3.05, 3.63) is 29.3 Å². The topological polar surface area (TPSA) is 49.3 Å². The van der Waals surface area contributed by atoms with Gasteiger partial charge in [0, 0.05) is 11.7 Å². The second-order valence-corrected chi connectivity index (χ2v) is 5.91. The molecule has 0 spiro atoms. The Morgan fingerprint density at radius 2 is 1.76 bits per heavy atom. The molecule has 114 valence electrons. The summed E-state index contributed by atoms with van der Waals surface area (Å²) in [5.41, 5.74) is -1.34. The molecule has 0 aliphatic heterocycles. The van der Waals surface area contributed by atoms with E-state index in [0.717, 1.165) is 37.8 Å². The summed E-state index contributed by atoms with van der Waals surface area (Å²) in [5, 5.41) is 12.2. The molecule has 1 aromatic carbocycles. The second kappa shape index (κ2) is 4.93. The molecular formula is C15H16F3NO2. The average Bonchev–Trinajstić information content (AvgIpc) is 3.26. The fraction of sp³-hybridized carbons (Fsp3) is 0.533. The number of nitrogens with one attached hydrogen (secondary N) is 1. The molecule has 2 saturated carbocycles. The van der Waals surface area contributed by atoms with Crippen LogP contribution in [0.1, 0.15) is 41.6 Å². The average molecular weight is 299 g/mol. The van der Waals surface area contributed by atoms with Crippen LogP contribution in [0, 0.1) is 11.8 Å². The van der Waals surface area contributed by atoms with Gasteiger partial charge in [-0.15, -0.1) is 0 Å². The maximum atomic E-state index is 12.8. The lowest BCUT2D eigenvalue weighted by atomic mass is 10.0. The van der Waals surface area contributed by atoms with Crippen molar-refractivity contribution in [1.29, 1.82) is 0 Å². The SMILES string of the molecule is O=C(O)c1cc(NC(C2CC2)C2CC2)ccc1C(F)(F)F. The van der Waals surface area contributed by atoms with Crippen LogP contribution in [0.15, 0.2) is 18.2 Å². The summed E-state index contributed by atoms with van der Waals surface area (Å²) in [6, 6.07) is 3.54. The lowest BCUT2D eigenvalue weighted by molar-refractivity contribution is -0.138. The van der Waals surface area contributed by atoms with Crippen molar-refractivity contribution in [3.8, 4) is 0 Å². The van der Waals surface area contributed by atoms with Crippen LogP contribution >= 0.6 is 0 Å². The number of hydrogen-bond donors (Lipinski definition) is 2. The third-order valence-electron chi connectivity index (χ3n) is 4.15. The summed E-state index contributed by atoms with van der Waals surface area (Å²) >= 11 is 0. The summed E-state index contributed by atoms with van der Waals surface area (Å²) in [4.78, 5) is 11.1. The van der Waals surface area contributed by atoms with Crippen LogP contribution in [0.3, 0.4) is 0 Å². The monoisotopic (exact) mass is 299 g/mol. The van der Waals surface area contributed by atoms with E-state index in [1.54, 1.807) is 0 Å². The van der Waals surface area contributed by atoms with Gasteiger partial charge in [0.05, 0.1) is 11.1 Å². The number of hydrogen-bond acceptors (Lipinski definition) is 2. The fourth-order valence-corrected chi connectivity index (χ4v) is 2.78. The molecule has 0 saturated heterocycles. The van der Waals surface area contributed by atoms with Gasteiger partial charge in [-0.2, -0.15) is 13.2 Å².